The molecule has 1 rings (SSSR count). The van der Waals surface area contributed by atoms with Crippen molar-refractivity contribution in [2.24, 2.45) is 0 Å². The van der Waals surface area contributed by atoms with Gasteiger partial charge >= 0.3 is 5.97 Å². The maximum Gasteiger partial charge on any atom is 0.337 e. The molecule has 1 aromatic rings. The van der Waals surface area contributed by atoms with Crippen LogP contribution >= 0.6 is 0 Å². The lowest BCUT2D eigenvalue weighted by atomic mass is 10.0. The fourth-order valence-corrected chi connectivity index (χ4v) is 1.34. The average molecular weight is 178 g/mol. The van der Waals surface area contributed by atoms with Gasteiger partial charge in [0.15, 0.2) is 0 Å². The zero-order valence-corrected chi connectivity index (χ0v) is 8.26. The lowest BCUT2D eigenvalue weighted by Gasteiger charge is -2.04. The molecule has 0 bridgehead atoms. The molecule has 0 aliphatic carbocycles. The zero-order chi connectivity index (χ0) is 9.84. The predicted octanol–water partition coefficient (Wildman–Crippen LogP) is 2.34. The fourth-order valence-electron chi connectivity index (χ4n) is 1.34. The molecule has 0 saturated heterocycles. The van der Waals surface area contributed by atoms with Gasteiger partial charge in [-0.05, 0) is 36.6 Å². The Labute approximate surface area is 78.5 Å². The molecule has 0 fully saturated rings. The number of benzene rings is 1. The molecule has 0 aliphatic rings. The number of ether oxygens (including phenoxy) is 1. The Hall–Kier alpha value is -1.31. The third kappa shape index (κ3) is 2.08. The number of esters is 1. The second kappa shape index (κ2) is 4.08. The van der Waals surface area contributed by atoms with Crippen LogP contribution < -0.4 is 0 Å². The summed E-state index contributed by atoms with van der Waals surface area (Å²) >= 11 is 0. The molecule has 0 unspecified atom stereocenters. The Balaban J connectivity index is 3.02. The van der Waals surface area contributed by atoms with E-state index in [-0.39, 0.29) is 5.97 Å². The van der Waals surface area contributed by atoms with E-state index in [0.29, 0.717) is 5.56 Å². The predicted molar refractivity (Wildman–Crippen MR) is 51.9 cm³/mol. The Morgan fingerprint density at radius 1 is 1.46 bits per heavy atom. The van der Waals surface area contributed by atoms with E-state index in [1.807, 2.05) is 19.1 Å². The van der Waals surface area contributed by atoms with Gasteiger partial charge in [-0.25, -0.2) is 4.79 Å². The Morgan fingerprint density at radius 3 is 2.62 bits per heavy atom. The third-order valence-corrected chi connectivity index (χ3v) is 2.14. The number of hydrogen-bond donors (Lipinski definition) is 0. The number of rotatable bonds is 2. The summed E-state index contributed by atoms with van der Waals surface area (Å²) in [4.78, 5) is 11.1. The van der Waals surface area contributed by atoms with E-state index in [2.05, 4.69) is 11.7 Å². The van der Waals surface area contributed by atoms with Crippen LogP contribution in [0, 0.1) is 6.92 Å². The van der Waals surface area contributed by atoms with Crippen molar-refractivity contribution in [3.63, 3.8) is 0 Å². The monoisotopic (exact) mass is 178 g/mol. The van der Waals surface area contributed by atoms with E-state index in [4.69, 9.17) is 0 Å². The Morgan fingerprint density at radius 2 is 2.15 bits per heavy atom. The van der Waals surface area contributed by atoms with Crippen molar-refractivity contribution in [2.45, 2.75) is 20.3 Å². The lowest BCUT2D eigenvalue weighted by molar-refractivity contribution is 0.0600. The Bertz CT molecular complexity index is 316. The van der Waals surface area contributed by atoms with Crippen LogP contribution in [0.3, 0.4) is 0 Å². The van der Waals surface area contributed by atoms with Gasteiger partial charge in [-0.15, -0.1) is 0 Å². The van der Waals surface area contributed by atoms with Crippen LogP contribution in [-0.4, -0.2) is 13.1 Å². The van der Waals surface area contributed by atoms with Crippen LogP contribution in [0.5, 0.6) is 0 Å². The molecule has 0 saturated carbocycles. The molecule has 0 heterocycles. The summed E-state index contributed by atoms with van der Waals surface area (Å²) < 4.78 is 4.63. The summed E-state index contributed by atoms with van der Waals surface area (Å²) in [5, 5.41) is 0. The lowest BCUT2D eigenvalue weighted by Crippen LogP contribution is -2.02. The summed E-state index contributed by atoms with van der Waals surface area (Å²) in [6.45, 7) is 4.10. The molecule has 0 aliphatic heterocycles. The minimum absolute atomic E-state index is 0.272. The molecule has 0 N–H and O–H groups in total. The van der Waals surface area contributed by atoms with Crippen LogP contribution in [0.4, 0.5) is 0 Å². The second-order valence-electron chi connectivity index (χ2n) is 2.99. The van der Waals surface area contributed by atoms with Gasteiger partial charge < -0.3 is 4.74 Å². The third-order valence-electron chi connectivity index (χ3n) is 2.14. The van der Waals surface area contributed by atoms with E-state index in [0.717, 1.165) is 12.0 Å². The van der Waals surface area contributed by atoms with Crippen LogP contribution in [-0.2, 0) is 11.2 Å². The van der Waals surface area contributed by atoms with Crippen molar-refractivity contribution in [1.82, 2.24) is 0 Å². The van der Waals surface area contributed by atoms with Crippen molar-refractivity contribution in [2.75, 3.05) is 7.11 Å². The first-order chi connectivity index (χ1) is 6.19. The second-order valence-corrected chi connectivity index (χ2v) is 2.99. The molecule has 0 spiro atoms. The highest BCUT2D eigenvalue weighted by Crippen LogP contribution is 2.12. The number of carbonyl (C=O) groups is 1. The minimum Gasteiger partial charge on any atom is -0.465 e. The summed E-state index contributed by atoms with van der Waals surface area (Å²) in [6.07, 6.45) is 0.993. The molecule has 2 heteroatoms. The quantitative estimate of drug-likeness (QED) is 0.650. The molecule has 0 aromatic heterocycles. The van der Waals surface area contributed by atoms with E-state index < -0.39 is 0 Å². The highest BCUT2D eigenvalue weighted by atomic mass is 16.5. The van der Waals surface area contributed by atoms with E-state index in [1.165, 1.54) is 12.7 Å². The van der Waals surface area contributed by atoms with Crippen molar-refractivity contribution < 1.29 is 9.53 Å². The van der Waals surface area contributed by atoms with Crippen molar-refractivity contribution in [1.29, 1.82) is 0 Å². The average Bonchev–Trinajstić information content (AvgIpc) is 2.16. The van der Waals surface area contributed by atoms with E-state index in [9.17, 15) is 4.79 Å². The highest BCUT2D eigenvalue weighted by Gasteiger charge is 2.05. The van der Waals surface area contributed by atoms with Gasteiger partial charge in [0.05, 0.1) is 12.7 Å². The van der Waals surface area contributed by atoms with Gasteiger partial charge in [0, 0.05) is 0 Å². The Kier molecular flexibility index (Phi) is 3.07. The standard InChI is InChI=1S/C11H14O2/c1-4-9-5-6-10(7-8(9)2)11(12)13-3/h5-7H,4H2,1-3H3. The molecule has 70 valence electrons. The molecule has 0 radical (unpaired) electrons. The smallest absolute Gasteiger partial charge is 0.337 e. The van der Waals surface area contributed by atoms with Gasteiger partial charge in [-0.3, -0.25) is 0 Å². The maximum absolute atomic E-state index is 11.1. The van der Waals surface area contributed by atoms with Crippen LogP contribution in [0.15, 0.2) is 18.2 Å². The molecular weight excluding hydrogens is 164 g/mol. The van der Waals surface area contributed by atoms with Crippen molar-refractivity contribution >= 4 is 5.97 Å². The maximum atomic E-state index is 11.1. The highest BCUT2D eigenvalue weighted by molar-refractivity contribution is 5.89. The van der Waals surface area contributed by atoms with E-state index >= 15 is 0 Å². The summed E-state index contributed by atoms with van der Waals surface area (Å²) in [6, 6.07) is 5.64. The van der Waals surface area contributed by atoms with Gasteiger partial charge in [0.25, 0.3) is 0 Å². The summed E-state index contributed by atoms with van der Waals surface area (Å²) in [5.74, 6) is -0.272. The molecular formula is C11H14O2. The first kappa shape index (κ1) is 9.78. The normalized spacial score (nSPS) is 9.77. The van der Waals surface area contributed by atoms with Crippen LogP contribution in [0.1, 0.15) is 28.4 Å². The van der Waals surface area contributed by atoms with Gasteiger partial charge in [0.2, 0.25) is 0 Å². The molecule has 0 amide bonds. The van der Waals surface area contributed by atoms with Gasteiger partial charge in [-0.1, -0.05) is 13.0 Å². The first-order valence-electron chi connectivity index (χ1n) is 4.37. The minimum atomic E-state index is -0.272. The summed E-state index contributed by atoms with van der Waals surface area (Å²) in [7, 11) is 1.39. The molecule has 2 nitrogen and oxygen atoms in total. The fraction of sp³-hybridized carbons (Fsp3) is 0.364. The number of carbonyl (C=O) groups excluding carboxylic acids is 1. The zero-order valence-electron chi connectivity index (χ0n) is 8.26. The van der Waals surface area contributed by atoms with E-state index in [1.54, 1.807) is 6.07 Å². The van der Waals surface area contributed by atoms with Crippen molar-refractivity contribution in [3.05, 3.63) is 34.9 Å². The van der Waals surface area contributed by atoms with Gasteiger partial charge in [-0.2, -0.15) is 0 Å². The van der Waals surface area contributed by atoms with Crippen molar-refractivity contribution in [3.8, 4) is 0 Å². The van der Waals surface area contributed by atoms with Gasteiger partial charge in [0.1, 0.15) is 0 Å². The number of aryl methyl sites for hydroxylation is 2. The van der Waals surface area contributed by atoms with Crippen LogP contribution in [0.25, 0.3) is 0 Å². The topological polar surface area (TPSA) is 26.3 Å². The first-order valence-corrected chi connectivity index (χ1v) is 4.37. The molecule has 1 aromatic carbocycles. The van der Waals surface area contributed by atoms with Crippen LogP contribution in [0.2, 0.25) is 0 Å². The largest absolute Gasteiger partial charge is 0.465 e. The SMILES string of the molecule is CCc1ccc(C(=O)OC)cc1C. The molecule has 0 atom stereocenters. The number of methoxy groups -OCH3 is 1. The molecule has 13 heavy (non-hydrogen) atoms. The summed E-state index contributed by atoms with van der Waals surface area (Å²) in [5.41, 5.74) is 3.04. The number of hydrogen-bond acceptors (Lipinski definition) is 2.